The van der Waals surface area contributed by atoms with Gasteiger partial charge in [-0.25, -0.2) is 0 Å². The third kappa shape index (κ3) is 3.10. The Bertz CT molecular complexity index is 207. The molecule has 0 spiro atoms. The van der Waals surface area contributed by atoms with E-state index in [9.17, 15) is 0 Å². The average Bonchev–Trinajstić information content (AvgIpc) is 2.75. The molecule has 2 unspecified atom stereocenters. The predicted octanol–water partition coefficient (Wildman–Crippen LogP) is 0.740. The van der Waals surface area contributed by atoms with Crippen molar-refractivity contribution in [2.24, 2.45) is 11.8 Å². The van der Waals surface area contributed by atoms with Crippen molar-refractivity contribution in [3.63, 3.8) is 0 Å². The molecule has 0 aliphatic heterocycles. The molecule has 66 valence electrons. The van der Waals surface area contributed by atoms with Crippen molar-refractivity contribution >= 4 is 17.3 Å². The number of hydrogen-bond acceptors (Lipinski definition) is 1. The van der Waals surface area contributed by atoms with Gasteiger partial charge >= 0.3 is 0 Å². The molecule has 0 bridgehead atoms. The van der Waals surface area contributed by atoms with Gasteiger partial charge in [0, 0.05) is 6.54 Å². The van der Waals surface area contributed by atoms with Crippen molar-refractivity contribution in [1.29, 1.82) is 0 Å². The summed E-state index contributed by atoms with van der Waals surface area (Å²) in [5, 5.41) is 6.72. The quantitative estimate of drug-likeness (QED) is 0.497. The molecule has 0 heterocycles. The molecule has 1 saturated carbocycles. The van der Waals surface area contributed by atoms with Crippen molar-refractivity contribution in [2.75, 3.05) is 13.1 Å². The number of hydrogen-bond donors (Lipinski definition) is 2. The molecule has 1 fully saturated rings. The lowest BCUT2D eigenvalue weighted by Crippen LogP contribution is -2.36. The summed E-state index contributed by atoms with van der Waals surface area (Å²) in [6.45, 7) is 3.74. The molecule has 1 aliphatic rings. The predicted molar refractivity (Wildman–Crippen MR) is 54.7 cm³/mol. The first-order chi connectivity index (χ1) is 5.74. The van der Waals surface area contributed by atoms with E-state index >= 15 is 0 Å². The van der Waals surface area contributed by atoms with Crippen molar-refractivity contribution in [2.45, 2.75) is 13.3 Å². The molecular weight excluding hydrogens is 168 g/mol. The molecule has 0 aromatic carbocycles. The highest BCUT2D eigenvalue weighted by atomic mass is 32.1. The van der Waals surface area contributed by atoms with Gasteiger partial charge in [-0.05, 0) is 30.5 Å². The number of rotatable bonds is 3. The SMILES string of the molecule is C#CCNC(=S)NCC1CC1C. The number of nitrogens with one attached hydrogen (secondary N) is 2. The molecular formula is C9H14N2S. The lowest BCUT2D eigenvalue weighted by Gasteiger charge is -2.06. The summed E-state index contributed by atoms with van der Waals surface area (Å²) in [6.07, 6.45) is 6.39. The lowest BCUT2D eigenvalue weighted by atomic mass is 10.3. The average molecular weight is 182 g/mol. The lowest BCUT2D eigenvalue weighted by molar-refractivity contribution is 0.706. The van der Waals surface area contributed by atoms with E-state index in [-0.39, 0.29) is 0 Å². The largest absolute Gasteiger partial charge is 0.362 e. The van der Waals surface area contributed by atoms with Crippen LogP contribution in [0.15, 0.2) is 0 Å². The van der Waals surface area contributed by atoms with Crippen molar-refractivity contribution in [3.05, 3.63) is 0 Å². The third-order valence-electron chi connectivity index (χ3n) is 2.15. The van der Waals surface area contributed by atoms with Gasteiger partial charge in [0.05, 0.1) is 6.54 Å². The van der Waals surface area contributed by atoms with Crippen LogP contribution >= 0.6 is 12.2 Å². The molecule has 3 heteroatoms. The molecule has 1 rings (SSSR count). The highest BCUT2D eigenvalue weighted by Gasteiger charge is 2.31. The monoisotopic (exact) mass is 182 g/mol. The zero-order valence-corrected chi connectivity index (χ0v) is 8.08. The normalized spacial score (nSPS) is 25.7. The van der Waals surface area contributed by atoms with Gasteiger partial charge in [0.1, 0.15) is 0 Å². The summed E-state index contributed by atoms with van der Waals surface area (Å²) >= 11 is 4.99. The summed E-state index contributed by atoms with van der Waals surface area (Å²) in [5.41, 5.74) is 0. The van der Waals surface area contributed by atoms with Crippen LogP contribution in [0.25, 0.3) is 0 Å². The van der Waals surface area contributed by atoms with Gasteiger partial charge in [-0.3, -0.25) is 0 Å². The van der Waals surface area contributed by atoms with E-state index in [4.69, 9.17) is 18.6 Å². The smallest absolute Gasteiger partial charge is 0.167 e. The molecule has 0 amide bonds. The fourth-order valence-electron chi connectivity index (χ4n) is 1.10. The van der Waals surface area contributed by atoms with Gasteiger partial charge in [0.15, 0.2) is 5.11 Å². The standard InChI is InChI=1S/C9H14N2S/c1-3-4-10-9(12)11-6-8-5-7(8)2/h1,7-8H,4-6H2,2H3,(H2,10,11,12). The fraction of sp³-hybridized carbons (Fsp3) is 0.667. The highest BCUT2D eigenvalue weighted by Crippen LogP contribution is 2.36. The number of thiocarbonyl (C=S) groups is 1. The Labute approximate surface area is 79.1 Å². The minimum absolute atomic E-state index is 0.506. The molecule has 2 N–H and O–H groups in total. The van der Waals surface area contributed by atoms with Gasteiger partial charge in [0.25, 0.3) is 0 Å². The zero-order chi connectivity index (χ0) is 8.97. The molecule has 12 heavy (non-hydrogen) atoms. The summed E-state index contributed by atoms with van der Waals surface area (Å²) in [5.74, 6) is 4.16. The van der Waals surface area contributed by atoms with Crippen LogP contribution in [0.2, 0.25) is 0 Å². The summed E-state index contributed by atoms with van der Waals surface area (Å²) in [7, 11) is 0. The Balaban J connectivity index is 2.00. The molecule has 0 radical (unpaired) electrons. The van der Waals surface area contributed by atoms with Gasteiger partial charge in [0.2, 0.25) is 0 Å². The van der Waals surface area contributed by atoms with Crippen molar-refractivity contribution in [3.8, 4) is 12.3 Å². The summed E-state index contributed by atoms with van der Waals surface area (Å²) < 4.78 is 0. The van der Waals surface area contributed by atoms with Gasteiger partial charge < -0.3 is 10.6 Å². The van der Waals surface area contributed by atoms with Crippen LogP contribution < -0.4 is 10.6 Å². The minimum Gasteiger partial charge on any atom is -0.362 e. The third-order valence-corrected chi connectivity index (χ3v) is 2.44. The van der Waals surface area contributed by atoms with Crippen molar-refractivity contribution in [1.82, 2.24) is 10.6 Å². The van der Waals surface area contributed by atoms with Crippen LogP contribution in [0.3, 0.4) is 0 Å². The second-order valence-electron chi connectivity index (χ2n) is 3.24. The van der Waals surface area contributed by atoms with E-state index in [1.54, 1.807) is 0 Å². The summed E-state index contributed by atoms with van der Waals surface area (Å²) in [6, 6.07) is 0. The second kappa shape index (κ2) is 4.32. The van der Waals surface area contributed by atoms with Crippen LogP contribution in [0.1, 0.15) is 13.3 Å². The fourth-order valence-corrected chi connectivity index (χ4v) is 1.26. The molecule has 1 aliphatic carbocycles. The maximum Gasteiger partial charge on any atom is 0.167 e. The van der Waals surface area contributed by atoms with Crippen LogP contribution in [0.4, 0.5) is 0 Å². The molecule has 0 aromatic heterocycles. The number of terminal acetylenes is 1. The summed E-state index contributed by atoms with van der Waals surface area (Å²) in [4.78, 5) is 0. The van der Waals surface area contributed by atoms with E-state index in [0.717, 1.165) is 18.4 Å². The first kappa shape index (κ1) is 9.34. The Morgan fingerprint density at radius 3 is 2.83 bits per heavy atom. The minimum atomic E-state index is 0.506. The van der Waals surface area contributed by atoms with Crippen LogP contribution in [0, 0.1) is 24.2 Å². The van der Waals surface area contributed by atoms with E-state index < -0.39 is 0 Å². The maximum absolute atomic E-state index is 5.07. The first-order valence-electron chi connectivity index (χ1n) is 4.19. The van der Waals surface area contributed by atoms with Crippen LogP contribution in [0.5, 0.6) is 0 Å². The van der Waals surface area contributed by atoms with Crippen LogP contribution in [-0.2, 0) is 0 Å². The van der Waals surface area contributed by atoms with Crippen LogP contribution in [-0.4, -0.2) is 18.2 Å². The molecule has 2 nitrogen and oxygen atoms in total. The van der Waals surface area contributed by atoms with Gasteiger partial charge in [-0.2, -0.15) is 0 Å². The van der Waals surface area contributed by atoms with E-state index in [1.165, 1.54) is 6.42 Å². The molecule has 2 atom stereocenters. The Kier molecular flexibility index (Phi) is 3.36. The maximum atomic E-state index is 5.07. The van der Waals surface area contributed by atoms with Crippen molar-refractivity contribution < 1.29 is 0 Å². The topological polar surface area (TPSA) is 24.1 Å². The Morgan fingerprint density at radius 2 is 2.33 bits per heavy atom. The van der Waals surface area contributed by atoms with E-state index in [0.29, 0.717) is 11.7 Å². The zero-order valence-electron chi connectivity index (χ0n) is 7.26. The Hall–Kier alpha value is -0.750. The molecule has 0 saturated heterocycles. The van der Waals surface area contributed by atoms with Gasteiger partial charge in [-0.1, -0.05) is 12.8 Å². The van der Waals surface area contributed by atoms with E-state index in [1.807, 2.05) is 0 Å². The second-order valence-corrected chi connectivity index (χ2v) is 3.65. The first-order valence-corrected chi connectivity index (χ1v) is 4.60. The van der Waals surface area contributed by atoms with Gasteiger partial charge in [-0.15, -0.1) is 6.42 Å². The molecule has 0 aromatic rings. The Morgan fingerprint density at radius 1 is 1.67 bits per heavy atom. The highest BCUT2D eigenvalue weighted by molar-refractivity contribution is 7.80. The van der Waals surface area contributed by atoms with E-state index in [2.05, 4.69) is 23.5 Å².